The van der Waals surface area contributed by atoms with E-state index in [4.69, 9.17) is 0 Å². The Morgan fingerprint density at radius 3 is 2.44 bits per heavy atom. The van der Waals surface area contributed by atoms with Gasteiger partial charge in [0.15, 0.2) is 10.3 Å². The van der Waals surface area contributed by atoms with Crippen LogP contribution in [-0.2, 0) is 32.8 Å². The molecule has 4 N–H and O–H groups in total. The number of para-hydroxylation sites is 1. The van der Waals surface area contributed by atoms with Gasteiger partial charge in [0.2, 0.25) is 0 Å². The number of thioether (sulfide) groups is 1. The van der Waals surface area contributed by atoms with Gasteiger partial charge in [-0.1, -0.05) is 53.8 Å². The van der Waals surface area contributed by atoms with Gasteiger partial charge in [-0.15, -0.1) is 23.1 Å². The SMILES string of the molecule is O=C(NS(=O)(=O)c1ccc(NC(CCO)CSc2ccccc2)c(S(=O)(=O)C(F)(F)F)c1)c1csc(N2CCc3cccc(C(=O)Nc4nc5ccccc5s4)c3C2)n1. The number of fused-ring (bicyclic) bond motifs is 2. The molecule has 2 amide bonds. The molecule has 0 bridgehead atoms. The summed E-state index contributed by atoms with van der Waals surface area (Å²) in [6, 6.07) is 23.2. The molecule has 1 aliphatic heterocycles. The van der Waals surface area contributed by atoms with Gasteiger partial charge in [-0.25, -0.2) is 31.5 Å². The van der Waals surface area contributed by atoms with Gasteiger partial charge in [0.1, 0.15) is 10.6 Å². The second-order valence-corrected chi connectivity index (χ2v) is 19.6. The number of sulfonamides is 1. The predicted octanol–water partition coefficient (Wildman–Crippen LogP) is 6.94. The fourth-order valence-corrected chi connectivity index (χ4v) is 10.9. The van der Waals surface area contributed by atoms with Crippen molar-refractivity contribution in [2.45, 2.75) is 45.6 Å². The molecule has 7 rings (SSSR count). The number of sulfone groups is 1. The summed E-state index contributed by atoms with van der Waals surface area (Å²) in [5, 5.41) is 17.3. The van der Waals surface area contributed by atoms with Gasteiger partial charge in [-0.3, -0.25) is 14.9 Å². The molecule has 13 nitrogen and oxygen atoms in total. The highest BCUT2D eigenvalue weighted by Gasteiger charge is 2.48. The monoisotopic (exact) mass is 902 g/mol. The number of hydrogen-bond acceptors (Lipinski definition) is 14. The Morgan fingerprint density at radius 1 is 0.932 bits per heavy atom. The van der Waals surface area contributed by atoms with E-state index in [1.54, 1.807) is 47.2 Å². The molecule has 0 saturated carbocycles. The smallest absolute Gasteiger partial charge is 0.396 e. The Morgan fingerprint density at radius 2 is 1.69 bits per heavy atom. The average Bonchev–Trinajstić information content (AvgIpc) is 3.87. The standard InChI is InChI=1S/C38H33F3N6O7S5/c39-38(40,41)58(51,52)33-19-26(13-14-30(33)42-24(16-18-48)21-55-25-8-2-1-3-9-25)59(53,54)46-35(50)31-22-56-37(44-31)47-17-15-23-7-6-10-27(28(23)20-47)34(49)45-36-43-29-11-4-5-12-32(29)57-36/h1-14,19,22,24,42,48H,15-18,20-21H2,(H,46,50)(H,43,45,49). The van der Waals surface area contributed by atoms with Gasteiger partial charge in [0.25, 0.3) is 31.7 Å². The van der Waals surface area contributed by atoms with Crippen LogP contribution in [0.3, 0.4) is 0 Å². The van der Waals surface area contributed by atoms with Crippen LogP contribution in [0.4, 0.5) is 29.1 Å². The van der Waals surface area contributed by atoms with Crippen LogP contribution in [0.25, 0.3) is 10.2 Å². The van der Waals surface area contributed by atoms with Gasteiger partial charge in [-0.05, 0) is 72.5 Å². The topological polar surface area (TPSA) is 188 Å². The molecule has 0 aliphatic carbocycles. The molecular formula is C38H33F3N6O7S5. The number of nitrogens with one attached hydrogen (secondary N) is 3. The molecule has 4 aromatic carbocycles. The summed E-state index contributed by atoms with van der Waals surface area (Å²) in [7, 11) is -11.1. The molecule has 0 fully saturated rings. The molecule has 2 aromatic heterocycles. The van der Waals surface area contributed by atoms with E-state index < -0.39 is 52.8 Å². The van der Waals surface area contributed by atoms with E-state index >= 15 is 0 Å². The van der Waals surface area contributed by atoms with Crippen molar-refractivity contribution in [2.24, 2.45) is 0 Å². The Hall–Kier alpha value is -5.06. The number of halogens is 3. The number of alkyl halides is 3. The van der Waals surface area contributed by atoms with Gasteiger partial charge < -0.3 is 15.3 Å². The summed E-state index contributed by atoms with van der Waals surface area (Å²) in [4.78, 5) is 35.9. The van der Waals surface area contributed by atoms with Crippen molar-refractivity contribution in [1.82, 2.24) is 14.7 Å². The quantitative estimate of drug-likeness (QED) is 0.0827. The summed E-state index contributed by atoms with van der Waals surface area (Å²) >= 11 is 3.70. The van der Waals surface area contributed by atoms with Crippen LogP contribution in [0.1, 0.15) is 38.4 Å². The minimum atomic E-state index is -6.11. The zero-order chi connectivity index (χ0) is 42.0. The predicted molar refractivity (Wildman–Crippen MR) is 221 cm³/mol. The molecule has 1 atom stereocenters. The number of amides is 2. The minimum Gasteiger partial charge on any atom is -0.396 e. The zero-order valence-electron chi connectivity index (χ0n) is 30.5. The van der Waals surface area contributed by atoms with Crippen LogP contribution >= 0.6 is 34.4 Å². The van der Waals surface area contributed by atoms with E-state index in [0.29, 0.717) is 34.9 Å². The molecule has 1 unspecified atom stereocenters. The minimum absolute atomic E-state index is 0.0303. The van der Waals surface area contributed by atoms with E-state index in [1.807, 2.05) is 35.2 Å². The Kier molecular flexibility index (Phi) is 12.3. The number of aliphatic hydroxyl groups is 1. The van der Waals surface area contributed by atoms with Crippen LogP contribution in [0, 0.1) is 0 Å². The average molecular weight is 903 g/mol. The van der Waals surface area contributed by atoms with Crippen molar-refractivity contribution in [3.8, 4) is 0 Å². The molecule has 59 heavy (non-hydrogen) atoms. The summed E-state index contributed by atoms with van der Waals surface area (Å²) in [6.45, 7) is 0.330. The fraction of sp³-hybridized carbons (Fsp3) is 0.211. The number of carbonyl (C=O) groups excluding carboxylic acids is 2. The van der Waals surface area contributed by atoms with Gasteiger partial charge >= 0.3 is 5.51 Å². The van der Waals surface area contributed by atoms with Crippen molar-refractivity contribution in [2.75, 3.05) is 34.4 Å². The molecule has 0 saturated heterocycles. The number of anilines is 3. The van der Waals surface area contributed by atoms with Crippen molar-refractivity contribution >= 4 is 92.3 Å². The lowest BCUT2D eigenvalue weighted by Gasteiger charge is -2.29. The molecule has 3 heterocycles. The van der Waals surface area contributed by atoms with Crippen molar-refractivity contribution in [3.63, 3.8) is 0 Å². The van der Waals surface area contributed by atoms with Crippen LogP contribution in [-0.4, -0.2) is 74.2 Å². The fourth-order valence-electron chi connectivity index (χ4n) is 6.22. The van der Waals surface area contributed by atoms with Gasteiger partial charge in [-0.2, -0.15) is 13.2 Å². The summed E-state index contributed by atoms with van der Waals surface area (Å²) in [6.07, 6.45) is 0.566. The highest BCUT2D eigenvalue weighted by molar-refractivity contribution is 7.99. The molecular weight excluding hydrogens is 870 g/mol. The Labute approximate surface area is 348 Å². The number of rotatable bonds is 14. The second-order valence-electron chi connectivity index (χ2n) is 13.1. The van der Waals surface area contributed by atoms with Crippen molar-refractivity contribution in [1.29, 1.82) is 0 Å². The largest absolute Gasteiger partial charge is 0.501 e. The van der Waals surface area contributed by atoms with Crippen molar-refractivity contribution < 1.29 is 44.7 Å². The van der Waals surface area contributed by atoms with Crippen LogP contribution < -0.4 is 20.3 Å². The highest BCUT2D eigenvalue weighted by atomic mass is 32.2. The number of nitrogens with zero attached hydrogens (tertiary/aromatic N) is 3. The zero-order valence-corrected chi connectivity index (χ0v) is 34.6. The second kappa shape index (κ2) is 17.3. The first-order valence-electron chi connectivity index (χ1n) is 17.7. The number of aliphatic hydroxyl groups excluding tert-OH is 1. The number of aromatic nitrogens is 2. The van der Waals surface area contributed by atoms with E-state index in [9.17, 15) is 44.7 Å². The summed E-state index contributed by atoms with van der Waals surface area (Å²) in [5.41, 5.74) is -3.78. The first-order chi connectivity index (χ1) is 28.1. The number of thiazole rings is 2. The Bertz CT molecular complexity index is 2710. The third-order valence-electron chi connectivity index (χ3n) is 9.14. The lowest BCUT2D eigenvalue weighted by Crippen LogP contribution is -2.33. The lowest BCUT2D eigenvalue weighted by atomic mass is 9.94. The summed E-state index contributed by atoms with van der Waals surface area (Å²) < 4.78 is 96.9. The normalized spacial score (nSPS) is 13.8. The first kappa shape index (κ1) is 42.1. The third kappa shape index (κ3) is 9.39. The maximum atomic E-state index is 13.9. The maximum Gasteiger partial charge on any atom is 0.501 e. The highest BCUT2D eigenvalue weighted by Crippen LogP contribution is 2.37. The van der Waals surface area contributed by atoms with E-state index in [0.717, 1.165) is 49.7 Å². The molecule has 0 radical (unpaired) electrons. The van der Waals surface area contributed by atoms with Crippen molar-refractivity contribution in [3.05, 3.63) is 119 Å². The van der Waals surface area contributed by atoms with E-state index in [1.165, 1.54) is 28.5 Å². The molecule has 6 aromatic rings. The van der Waals surface area contributed by atoms with E-state index in [2.05, 4.69) is 20.6 Å². The number of carbonyl (C=O) groups is 2. The molecule has 308 valence electrons. The maximum absolute atomic E-state index is 13.9. The Balaban J connectivity index is 1.07. The van der Waals surface area contributed by atoms with Crippen LogP contribution in [0.5, 0.6) is 0 Å². The van der Waals surface area contributed by atoms with Crippen LogP contribution in [0.15, 0.2) is 111 Å². The summed E-state index contributed by atoms with van der Waals surface area (Å²) in [5.74, 6) is -1.34. The molecule has 21 heteroatoms. The van der Waals surface area contributed by atoms with Gasteiger partial charge in [0, 0.05) is 47.3 Å². The van der Waals surface area contributed by atoms with Crippen LogP contribution in [0.2, 0.25) is 0 Å². The molecule has 0 spiro atoms. The number of hydrogen-bond donors (Lipinski definition) is 4. The van der Waals surface area contributed by atoms with E-state index in [-0.39, 0.29) is 36.9 Å². The third-order valence-corrected chi connectivity index (χ3v) is 15.0. The van der Waals surface area contributed by atoms with Gasteiger partial charge in [0.05, 0.1) is 20.8 Å². The number of benzene rings is 4. The molecule has 1 aliphatic rings. The first-order valence-corrected chi connectivity index (χ1v) is 23.3. The lowest BCUT2D eigenvalue weighted by molar-refractivity contribution is -0.0436.